The minimum atomic E-state index is -0.0632. The molecule has 0 aromatic carbocycles. The van der Waals surface area contributed by atoms with Crippen LogP contribution in [0.5, 0.6) is 0 Å². The number of carbonyl (C=O) groups excluding carboxylic acids is 2. The molecule has 2 amide bonds. The van der Waals surface area contributed by atoms with E-state index in [0.29, 0.717) is 24.2 Å². The number of imide groups is 1. The van der Waals surface area contributed by atoms with Gasteiger partial charge in [0.2, 0.25) is 11.8 Å². The molecular weight excluding hydrogens is 238 g/mol. The highest BCUT2D eigenvalue weighted by Gasteiger charge is 2.50. The van der Waals surface area contributed by atoms with Gasteiger partial charge in [0.05, 0.1) is 0 Å². The minimum Gasteiger partial charge on any atom is -0.296 e. The van der Waals surface area contributed by atoms with Crippen LogP contribution in [0.15, 0.2) is 0 Å². The van der Waals surface area contributed by atoms with Crippen molar-refractivity contribution in [2.24, 2.45) is 29.1 Å². The molecule has 1 spiro atoms. The fraction of sp³-hybridized carbons (Fsp3) is 0.875. The van der Waals surface area contributed by atoms with Gasteiger partial charge in [0.15, 0.2) is 0 Å². The molecule has 0 bridgehead atoms. The highest BCUT2D eigenvalue weighted by Crippen LogP contribution is 2.52. The lowest BCUT2D eigenvalue weighted by molar-refractivity contribution is -0.148. The monoisotopic (exact) mass is 265 g/mol. The molecule has 1 heterocycles. The summed E-state index contributed by atoms with van der Waals surface area (Å²) >= 11 is 0. The van der Waals surface area contributed by atoms with E-state index in [-0.39, 0.29) is 23.1 Å². The fourth-order valence-electron chi connectivity index (χ4n) is 4.04. The molecule has 108 valence electrons. The van der Waals surface area contributed by atoms with Crippen LogP contribution in [-0.2, 0) is 9.59 Å². The standard InChI is InChI=1S/C16H27NO2/c1-10(2)7-13-15(19)17-14(18)9-16(13)6-5-11(3)12(4)8-16/h10-13H,5-9H2,1-4H3,(H,17,18,19). The Kier molecular flexibility index (Phi) is 4.03. The van der Waals surface area contributed by atoms with Crippen LogP contribution in [0.2, 0.25) is 0 Å². The van der Waals surface area contributed by atoms with Gasteiger partial charge in [-0.3, -0.25) is 14.9 Å². The number of rotatable bonds is 2. The Morgan fingerprint density at radius 1 is 1.26 bits per heavy atom. The summed E-state index contributed by atoms with van der Waals surface area (Å²) in [6.07, 6.45) is 4.67. The predicted octanol–water partition coefficient (Wildman–Crippen LogP) is 3.14. The third-order valence-corrected chi connectivity index (χ3v) is 5.34. The molecule has 0 radical (unpaired) electrons. The van der Waals surface area contributed by atoms with Gasteiger partial charge in [-0.25, -0.2) is 0 Å². The van der Waals surface area contributed by atoms with Crippen LogP contribution in [0.4, 0.5) is 0 Å². The summed E-state index contributed by atoms with van der Waals surface area (Å²) < 4.78 is 0. The summed E-state index contributed by atoms with van der Waals surface area (Å²) in [4.78, 5) is 24.1. The van der Waals surface area contributed by atoms with E-state index in [1.54, 1.807) is 0 Å². The zero-order valence-corrected chi connectivity index (χ0v) is 12.7. The Morgan fingerprint density at radius 2 is 1.95 bits per heavy atom. The second kappa shape index (κ2) is 5.26. The molecule has 4 atom stereocenters. The number of nitrogens with one attached hydrogen (secondary N) is 1. The van der Waals surface area contributed by atoms with Crippen molar-refractivity contribution in [1.82, 2.24) is 5.32 Å². The van der Waals surface area contributed by atoms with Crippen LogP contribution in [0.3, 0.4) is 0 Å². The minimum absolute atomic E-state index is 0.0216. The zero-order valence-electron chi connectivity index (χ0n) is 12.7. The van der Waals surface area contributed by atoms with E-state index < -0.39 is 0 Å². The van der Waals surface area contributed by atoms with Crippen molar-refractivity contribution >= 4 is 11.8 Å². The lowest BCUT2D eigenvalue weighted by Crippen LogP contribution is -2.54. The van der Waals surface area contributed by atoms with Gasteiger partial charge in [0.1, 0.15) is 0 Å². The maximum absolute atomic E-state index is 12.3. The molecule has 2 aliphatic rings. The molecule has 2 fully saturated rings. The topological polar surface area (TPSA) is 46.2 Å². The Bertz CT molecular complexity index is 377. The average Bonchev–Trinajstić information content (AvgIpc) is 2.29. The smallest absolute Gasteiger partial charge is 0.230 e. The quantitative estimate of drug-likeness (QED) is 0.780. The number of carbonyl (C=O) groups is 2. The molecule has 1 saturated heterocycles. The van der Waals surface area contributed by atoms with E-state index in [2.05, 4.69) is 33.0 Å². The Morgan fingerprint density at radius 3 is 2.53 bits per heavy atom. The molecule has 3 nitrogen and oxygen atoms in total. The Balaban J connectivity index is 2.26. The van der Waals surface area contributed by atoms with E-state index in [9.17, 15) is 9.59 Å². The summed E-state index contributed by atoms with van der Waals surface area (Å²) in [6.45, 7) is 8.88. The molecule has 1 N–H and O–H groups in total. The second-order valence-corrected chi connectivity index (χ2v) is 7.33. The van der Waals surface area contributed by atoms with Gasteiger partial charge < -0.3 is 0 Å². The van der Waals surface area contributed by atoms with Gasteiger partial charge in [0.25, 0.3) is 0 Å². The van der Waals surface area contributed by atoms with Crippen LogP contribution in [0, 0.1) is 29.1 Å². The highest BCUT2D eigenvalue weighted by atomic mass is 16.2. The predicted molar refractivity (Wildman–Crippen MR) is 75.3 cm³/mol. The van der Waals surface area contributed by atoms with Crippen LogP contribution >= 0.6 is 0 Å². The Hall–Kier alpha value is -0.860. The second-order valence-electron chi connectivity index (χ2n) is 7.33. The van der Waals surface area contributed by atoms with E-state index in [1.807, 2.05) is 0 Å². The number of piperidine rings is 1. The molecular formula is C16H27NO2. The zero-order chi connectivity index (χ0) is 14.2. The molecule has 1 aliphatic carbocycles. The fourth-order valence-corrected chi connectivity index (χ4v) is 4.04. The summed E-state index contributed by atoms with van der Waals surface area (Å²) in [5.41, 5.74) is -0.0599. The van der Waals surface area contributed by atoms with Gasteiger partial charge in [-0.1, -0.05) is 27.7 Å². The third-order valence-electron chi connectivity index (χ3n) is 5.34. The molecule has 0 aromatic heterocycles. The van der Waals surface area contributed by atoms with Crippen molar-refractivity contribution in [3.8, 4) is 0 Å². The van der Waals surface area contributed by atoms with Gasteiger partial charge >= 0.3 is 0 Å². The first-order valence-corrected chi connectivity index (χ1v) is 7.68. The van der Waals surface area contributed by atoms with Crippen molar-refractivity contribution in [2.45, 2.75) is 59.8 Å². The van der Waals surface area contributed by atoms with Gasteiger partial charge in [-0.2, -0.15) is 0 Å². The van der Waals surface area contributed by atoms with E-state index in [4.69, 9.17) is 0 Å². The summed E-state index contributed by atoms with van der Waals surface area (Å²) in [5, 5.41) is 2.55. The number of hydrogen-bond acceptors (Lipinski definition) is 2. The van der Waals surface area contributed by atoms with Crippen molar-refractivity contribution in [1.29, 1.82) is 0 Å². The van der Waals surface area contributed by atoms with Crippen molar-refractivity contribution < 1.29 is 9.59 Å². The van der Waals surface area contributed by atoms with Gasteiger partial charge in [-0.05, 0) is 48.9 Å². The molecule has 3 heteroatoms. The summed E-state index contributed by atoms with van der Waals surface area (Å²) in [5.74, 6) is 1.77. The van der Waals surface area contributed by atoms with E-state index in [0.717, 1.165) is 25.7 Å². The lowest BCUT2D eigenvalue weighted by atomic mass is 9.56. The third kappa shape index (κ3) is 2.85. The average molecular weight is 265 g/mol. The van der Waals surface area contributed by atoms with Crippen molar-refractivity contribution in [3.63, 3.8) is 0 Å². The SMILES string of the molecule is CC(C)CC1C(=O)NC(=O)CC12CCC(C)C(C)C2. The van der Waals surface area contributed by atoms with Crippen LogP contribution in [0.1, 0.15) is 59.8 Å². The van der Waals surface area contributed by atoms with Crippen molar-refractivity contribution in [2.75, 3.05) is 0 Å². The van der Waals surface area contributed by atoms with Crippen molar-refractivity contribution in [3.05, 3.63) is 0 Å². The van der Waals surface area contributed by atoms with E-state index in [1.165, 1.54) is 0 Å². The van der Waals surface area contributed by atoms with E-state index >= 15 is 0 Å². The molecule has 1 aliphatic heterocycles. The molecule has 0 aromatic rings. The number of hydrogen-bond donors (Lipinski definition) is 1. The van der Waals surface area contributed by atoms with Crippen LogP contribution in [0.25, 0.3) is 0 Å². The Labute approximate surface area is 116 Å². The summed E-state index contributed by atoms with van der Waals surface area (Å²) in [7, 11) is 0. The van der Waals surface area contributed by atoms with Crippen LogP contribution < -0.4 is 5.32 Å². The first-order chi connectivity index (χ1) is 8.84. The molecule has 1 saturated carbocycles. The van der Waals surface area contributed by atoms with Gasteiger partial charge in [-0.15, -0.1) is 0 Å². The normalized spacial score (nSPS) is 39.7. The lowest BCUT2D eigenvalue weighted by Gasteiger charge is -2.49. The maximum Gasteiger partial charge on any atom is 0.230 e. The molecule has 4 unspecified atom stereocenters. The molecule has 2 rings (SSSR count). The highest BCUT2D eigenvalue weighted by molar-refractivity contribution is 5.99. The molecule has 19 heavy (non-hydrogen) atoms. The maximum atomic E-state index is 12.3. The number of amides is 2. The van der Waals surface area contributed by atoms with Crippen LogP contribution in [-0.4, -0.2) is 11.8 Å². The summed E-state index contributed by atoms with van der Waals surface area (Å²) in [6, 6.07) is 0. The van der Waals surface area contributed by atoms with Gasteiger partial charge in [0, 0.05) is 12.3 Å². The largest absolute Gasteiger partial charge is 0.296 e. The first-order valence-electron chi connectivity index (χ1n) is 7.68. The first kappa shape index (κ1) is 14.5.